The minimum atomic E-state index is -0.284. The van der Waals surface area contributed by atoms with Gasteiger partial charge in [0, 0.05) is 10.9 Å². The summed E-state index contributed by atoms with van der Waals surface area (Å²) in [5, 5.41) is 0. The smallest absolute Gasteiger partial charge is 0.307 e. The Morgan fingerprint density at radius 3 is 2.56 bits per heavy atom. The first kappa shape index (κ1) is 13.1. The summed E-state index contributed by atoms with van der Waals surface area (Å²) in [6.07, 6.45) is 0.219. The van der Waals surface area contributed by atoms with Crippen molar-refractivity contribution >= 4 is 17.7 Å². The molecule has 0 saturated carbocycles. The number of carbonyl (C=O) groups excluding carboxylic acids is 1. The van der Waals surface area contributed by atoms with E-state index in [0.717, 1.165) is 11.3 Å². The molecule has 1 unspecified atom stereocenters. The predicted molar refractivity (Wildman–Crippen MR) is 66.4 cm³/mol. The van der Waals surface area contributed by atoms with Crippen molar-refractivity contribution in [2.24, 2.45) is 5.73 Å². The fourth-order valence-electron chi connectivity index (χ4n) is 1.36. The normalized spacial score (nSPS) is 12.2. The monoisotopic (exact) mass is 239 g/mol. The molecule has 0 aromatic heterocycles. The van der Waals surface area contributed by atoms with Crippen molar-refractivity contribution in [3.63, 3.8) is 0 Å². The Hall–Kier alpha value is -1.00. The number of carbonyl (C=O) groups is 1. The van der Waals surface area contributed by atoms with Crippen molar-refractivity contribution in [3.8, 4) is 0 Å². The van der Waals surface area contributed by atoms with Gasteiger partial charge < -0.3 is 10.5 Å². The zero-order valence-corrected chi connectivity index (χ0v) is 10.4. The zero-order valence-electron chi connectivity index (χ0n) is 9.60. The van der Waals surface area contributed by atoms with E-state index >= 15 is 0 Å². The van der Waals surface area contributed by atoms with Crippen LogP contribution in [0.2, 0.25) is 0 Å². The van der Waals surface area contributed by atoms with Crippen molar-refractivity contribution in [2.75, 3.05) is 12.9 Å². The summed E-state index contributed by atoms with van der Waals surface area (Å²) >= 11 is 1.78. The second-order valence-electron chi connectivity index (χ2n) is 3.39. The summed E-state index contributed by atoms with van der Waals surface area (Å²) < 4.78 is 4.58. The van der Waals surface area contributed by atoms with Crippen molar-refractivity contribution in [3.05, 3.63) is 29.8 Å². The molecule has 0 spiro atoms. The Bertz CT molecular complexity index is 337. The van der Waals surface area contributed by atoms with Crippen LogP contribution in [0, 0.1) is 0 Å². The second kappa shape index (κ2) is 6.55. The summed E-state index contributed by atoms with van der Waals surface area (Å²) in [4.78, 5) is 12.3. The molecule has 2 N–H and O–H groups in total. The van der Waals surface area contributed by atoms with Crippen molar-refractivity contribution in [1.82, 2.24) is 0 Å². The summed E-state index contributed by atoms with van der Waals surface area (Å²) in [6.45, 7) is 2.11. The number of nitrogens with two attached hydrogens (primary N) is 1. The van der Waals surface area contributed by atoms with Gasteiger partial charge in [0.25, 0.3) is 0 Å². The molecule has 3 nitrogen and oxygen atoms in total. The minimum Gasteiger partial charge on any atom is -0.469 e. The molecule has 0 bridgehead atoms. The van der Waals surface area contributed by atoms with Gasteiger partial charge in [-0.15, -0.1) is 11.8 Å². The van der Waals surface area contributed by atoms with E-state index in [4.69, 9.17) is 5.73 Å². The number of methoxy groups -OCH3 is 1. The van der Waals surface area contributed by atoms with E-state index in [1.807, 2.05) is 24.3 Å². The van der Waals surface area contributed by atoms with Gasteiger partial charge in [-0.3, -0.25) is 4.79 Å². The van der Waals surface area contributed by atoms with E-state index in [2.05, 4.69) is 11.7 Å². The highest BCUT2D eigenvalue weighted by Gasteiger charge is 2.11. The Labute approximate surface area is 100 Å². The average molecular weight is 239 g/mol. The number of ether oxygens (including phenoxy) is 1. The summed E-state index contributed by atoms with van der Waals surface area (Å²) in [5.74, 6) is 0.771. The summed E-state index contributed by atoms with van der Waals surface area (Å²) in [6, 6.07) is 7.70. The number of rotatable bonds is 5. The topological polar surface area (TPSA) is 52.3 Å². The summed E-state index contributed by atoms with van der Waals surface area (Å²) in [5.41, 5.74) is 6.85. The number of thioether (sulfide) groups is 1. The van der Waals surface area contributed by atoms with Gasteiger partial charge in [0.05, 0.1) is 13.5 Å². The highest BCUT2D eigenvalue weighted by molar-refractivity contribution is 7.99. The predicted octanol–water partition coefficient (Wildman–Crippen LogP) is 2.36. The molecule has 0 radical (unpaired) electrons. The first-order valence-corrected chi connectivity index (χ1v) is 6.21. The van der Waals surface area contributed by atoms with Crippen LogP contribution in [0.5, 0.6) is 0 Å². The average Bonchev–Trinajstić information content (AvgIpc) is 2.30. The Balaban J connectivity index is 2.62. The SMILES string of the molecule is CCSc1ccc(C(N)CC(=O)OC)cc1. The lowest BCUT2D eigenvalue weighted by Crippen LogP contribution is -2.16. The molecule has 1 aromatic rings. The van der Waals surface area contributed by atoms with Gasteiger partial charge in [-0.1, -0.05) is 19.1 Å². The number of esters is 1. The van der Waals surface area contributed by atoms with Gasteiger partial charge in [-0.2, -0.15) is 0 Å². The lowest BCUT2D eigenvalue weighted by Gasteiger charge is -2.10. The van der Waals surface area contributed by atoms with E-state index in [-0.39, 0.29) is 18.4 Å². The quantitative estimate of drug-likeness (QED) is 0.633. The molecule has 0 amide bonds. The highest BCUT2D eigenvalue weighted by atomic mass is 32.2. The van der Waals surface area contributed by atoms with Crippen molar-refractivity contribution < 1.29 is 9.53 Å². The third-order valence-corrected chi connectivity index (χ3v) is 3.13. The molecular formula is C12H17NO2S. The lowest BCUT2D eigenvalue weighted by molar-refractivity contribution is -0.141. The van der Waals surface area contributed by atoms with E-state index in [0.29, 0.717) is 0 Å². The van der Waals surface area contributed by atoms with Crippen LogP contribution >= 0.6 is 11.8 Å². The van der Waals surface area contributed by atoms with Gasteiger partial charge in [0.1, 0.15) is 0 Å². The molecule has 0 aliphatic heterocycles. The van der Waals surface area contributed by atoms with Crippen LogP contribution in [-0.4, -0.2) is 18.8 Å². The van der Waals surface area contributed by atoms with Crippen LogP contribution in [0.1, 0.15) is 24.9 Å². The van der Waals surface area contributed by atoms with Gasteiger partial charge in [0.2, 0.25) is 0 Å². The second-order valence-corrected chi connectivity index (χ2v) is 4.73. The van der Waals surface area contributed by atoms with Gasteiger partial charge in [-0.05, 0) is 23.4 Å². The third kappa shape index (κ3) is 3.87. The number of benzene rings is 1. The van der Waals surface area contributed by atoms with Crippen LogP contribution in [0.3, 0.4) is 0 Å². The van der Waals surface area contributed by atoms with Crippen LogP contribution in [0.4, 0.5) is 0 Å². The molecule has 0 fully saturated rings. The first-order chi connectivity index (χ1) is 7.67. The fourth-order valence-corrected chi connectivity index (χ4v) is 2.02. The molecule has 0 saturated heterocycles. The molecule has 88 valence electrons. The van der Waals surface area contributed by atoms with E-state index < -0.39 is 0 Å². The maximum atomic E-state index is 11.1. The molecule has 1 aromatic carbocycles. The van der Waals surface area contributed by atoms with Crippen LogP contribution < -0.4 is 5.73 Å². The standard InChI is InChI=1S/C12H17NO2S/c1-3-16-10-6-4-9(5-7-10)11(13)8-12(14)15-2/h4-7,11H,3,8,13H2,1-2H3. The molecule has 16 heavy (non-hydrogen) atoms. The first-order valence-electron chi connectivity index (χ1n) is 5.22. The molecule has 0 aliphatic carbocycles. The Morgan fingerprint density at radius 2 is 2.06 bits per heavy atom. The van der Waals surface area contributed by atoms with Gasteiger partial charge in [-0.25, -0.2) is 0 Å². The van der Waals surface area contributed by atoms with Crippen LogP contribution in [-0.2, 0) is 9.53 Å². The van der Waals surface area contributed by atoms with Crippen LogP contribution in [0.15, 0.2) is 29.2 Å². The van der Waals surface area contributed by atoms with Crippen LogP contribution in [0.25, 0.3) is 0 Å². The largest absolute Gasteiger partial charge is 0.469 e. The lowest BCUT2D eigenvalue weighted by atomic mass is 10.1. The molecule has 4 heteroatoms. The number of hydrogen-bond donors (Lipinski definition) is 1. The van der Waals surface area contributed by atoms with E-state index in [1.165, 1.54) is 12.0 Å². The highest BCUT2D eigenvalue weighted by Crippen LogP contribution is 2.21. The van der Waals surface area contributed by atoms with E-state index in [1.54, 1.807) is 11.8 Å². The van der Waals surface area contributed by atoms with Crippen molar-refractivity contribution in [1.29, 1.82) is 0 Å². The van der Waals surface area contributed by atoms with Crippen molar-refractivity contribution in [2.45, 2.75) is 24.3 Å². The molecule has 0 aliphatic rings. The molecule has 1 rings (SSSR count). The minimum absolute atomic E-state index is 0.219. The summed E-state index contributed by atoms with van der Waals surface area (Å²) in [7, 11) is 1.37. The third-order valence-electron chi connectivity index (χ3n) is 2.23. The number of hydrogen-bond acceptors (Lipinski definition) is 4. The Morgan fingerprint density at radius 1 is 1.44 bits per heavy atom. The van der Waals surface area contributed by atoms with Gasteiger partial charge >= 0.3 is 5.97 Å². The van der Waals surface area contributed by atoms with E-state index in [9.17, 15) is 4.79 Å². The molecule has 1 atom stereocenters. The maximum absolute atomic E-state index is 11.1. The fraction of sp³-hybridized carbons (Fsp3) is 0.417. The zero-order chi connectivity index (χ0) is 12.0. The maximum Gasteiger partial charge on any atom is 0.307 e. The molecule has 0 heterocycles. The Kier molecular flexibility index (Phi) is 5.35. The van der Waals surface area contributed by atoms with Gasteiger partial charge in [0.15, 0.2) is 0 Å². The molecular weight excluding hydrogens is 222 g/mol.